The normalized spacial score (nSPS) is 12.5. The second-order valence-electron chi connectivity index (χ2n) is 10.5. The second-order valence-corrected chi connectivity index (χ2v) is 13.5. The Bertz CT molecular complexity index is 1490. The highest BCUT2D eigenvalue weighted by Gasteiger charge is 2.34. The summed E-state index contributed by atoms with van der Waals surface area (Å²) in [6.07, 6.45) is 0. The summed E-state index contributed by atoms with van der Waals surface area (Å²) in [7, 11) is -4.27. The molecule has 0 aromatic heterocycles. The van der Waals surface area contributed by atoms with Crippen molar-refractivity contribution >= 4 is 62.3 Å². The predicted octanol–water partition coefficient (Wildman–Crippen LogP) is 6.48. The Hall–Kier alpha value is -2.78. The summed E-state index contributed by atoms with van der Waals surface area (Å²) < 4.78 is 28.8. The van der Waals surface area contributed by atoms with Gasteiger partial charge in [0.05, 0.1) is 20.6 Å². The molecule has 0 aliphatic heterocycles. The molecule has 7 nitrogen and oxygen atoms in total. The molecule has 0 fully saturated rings. The third kappa shape index (κ3) is 7.91. The molecule has 3 aromatic rings. The molecular weight excluding hydrogens is 593 g/mol. The van der Waals surface area contributed by atoms with Crippen molar-refractivity contribution in [3.05, 3.63) is 92.9 Å². The lowest BCUT2D eigenvalue weighted by Gasteiger charge is -2.33. The number of rotatable bonds is 9. The Morgan fingerprint density at radius 1 is 0.950 bits per heavy atom. The number of nitrogens with one attached hydrogen (secondary N) is 1. The molecule has 214 valence electrons. The number of anilines is 1. The van der Waals surface area contributed by atoms with Gasteiger partial charge < -0.3 is 10.2 Å². The Morgan fingerprint density at radius 3 is 2.17 bits per heavy atom. The van der Waals surface area contributed by atoms with Crippen LogP contribution in [-0.4, -0.2) is 43.3 Å². The molecule has 0 saturated carbocycles. The molecule has 11 heteroatoms. The molecule has 2 amide bonds. The molecule has 3 rings (SSSR count). The number of carbonyl (C=O) groups is 2. The zero-order valence-electron chi connectivity index (χ0n) is 22.9. The van der Waals surface area contributed by atoms with Crippen molar-refractivity contribution in [1.82, 2.24) is 10.2 Å². The summed E-state index contributed by atoms with van der Waals surface area (Å²) in [4.78, 5) is 28.4. The van der Waals surface area contributed by atoms with E-state index in [9.17, 15) is 18.0 Å². The standard InChI is InChI=1S/C29H32Cl3N3O4S/c1-19-12-14-23(15-13-19)40(38,39)35(25-11-7-10-24(31)27(25)32)18-26(36)34(17-21-8-6-9-22(30)16-21)20(2)28(37)33-29(3,4)5/h6-16,20H,17-18H2,1-5H3,(H,33,37)/t20-/m1/s1. The highest BCUT2D eigenvalue weighted by molar-refractivity contribution is 7.92. The van der Waals surface area contributed by atoms with Crippen molar-refractivity contribution in [1.29, 1.82) is 0 Å². The van der Waals surface area contributed by atoms with Gasteiger partial charge in [-0.15, -0.1) is 0 Å². The molecule has 0 heterocycles. The first-order valence-electron chi connectivity index (χ1n) is 12.5. The number of aryl methyl sites for hydroxylation is 1. The van der Waals surface area contributed by atoms with E-state index in [1.807, 2.05) is 27.7 Å². The minimum atomic E-state index is -4.27. The molecule has 0 aliphatic carbocycles. The molecule has 1 atom stereocenters. The molecule has 3 aromatic carbocycles. The molecule has 0 spiro atoms. The van der Waals surface area contributed by atoms with Crippen molar-refractivity contribution in [3.8, 4) is 0 Å². The summed E-state index contributed by atoms with van der Waals surface area (Å²) in [5.41, 5.74) is 1.03. The molecule has 0 aliphatic rings. The quantitative estimate of drug-likeness (QED) is 0.295. The SMILES string of the molecule is Cc1ccc(S(=O)(=O)N(CC(=O)N(Cc2cccc(Cl)c2)[C@H](C)C(=O)NC(C)(C)C)c2cccc(Cl)c2Cl)cc1. The van der Waals surface area contributed by atoms with E-state index in [0.717, 1.165) is 9.87 Å². The number of hydrogen-bond acceptors (Lipinski definition) is 4. The van der Waals surface area contributed by atoms with E-state index in [2.05, 4.69) is 5.32 Å². The maximum Gasteiger partial charge on any atom is 0.264 e. The van der Waals surface area contributed by atoms with Crippen LogP contribution in [-0.2, 0) is 26.2 Å². The van der Waals surface area contributed by atoms with Crippen LogP contribution < -0.4 is 9.62 Å². The maximum atomic E-state index is 14.0. The van der Waals surface area contributed by atoms with Crippen molar-refractivity contribution in [3.63, 3.8) is 0 Å². The van der Waals surface area contributed by atoms with Gasteiger partial charge in [-0.2, -0.15) is 0 Å². The first-order valence-corrected chi connectivity index (χ1v) is 15.1. The molecule has 0 radical (unpaired) electrons. The number of sulfonamides is 1. The van der Waals surface area contributed by atoms with E-state index in [0.29, 0.717) is 10.6 Å². The molecule has 0 saturated heterocycles. The van der Waals surface area contributed by atoms with Gasteiger partial charge in [0.15, 0.2) is 0 Å². The summed E-state index contributed by atoms with van der Waals surface area (Å²) in [6.45, 7) is 8.30. The van der Waals surface area contributed by atoms with E-state index in [4.69, 9.17) is 34.8 Å². The van der Waals surface area contributed by atoms with Gasteiger partial charge in [0.25, 0.3) is 10.0 Å². The van der Waals surface area contributed by atoms with Crippen LogP contribution in [0.3, 0.4) is 0 Å². The van der Waals surface area contributed by atoms with Crippen LogP contribution in [0.4, 0.5) is 5.69 Å². The van der Waals surface area contributed by atoms with Gasteiger partial charge in [-0.05, 0) is 76.6 Å². The van der Waals surface area contributed by atoms with Gasteiger partial charge in [-0.1, -0.05) is 70.7 Å². The lowest BCUT2D eigenvalue weighted by molar-refractivity contribution is -0.140. The molecular formula is C29H32Cl3N3O4S. The number of amides is 2. The van der Waals surface area contributed by atoms with Gasteiger partial charge in [-0.3, -0.25) is 13.9 Å². The first-order chi connectivity index (χ1) is 18.6. The van der Waals surface area contributed by atoms with Crippen molar-refractivity contribution in [2.45, 2.75) is 57.6 Å². The first kappa shape index (κ1) is 31.7. The zero-order chi connectivity index (χ0) is 29.8. The van der Waals surface area contributed by atoms with Crippen LogP contribution in [0.1, 0.15) is 38.8 Å². The summed E-state index contributed by atoms with van der Waals surface area (Å²) in [5, 5.41) is 3.46. The van der Waals surface area contributed by atoms with Crippen LogP contribution in [0, 0.1) is 6.92 Å². The fourth-order valence-electron chi connectivity index (χ4n) is 3.92. The third-order valence-corrected chi connectivity index (χ3v) is 8.81. The summed E-state index contributed by atoms with van der Waals surface area (Å²) >= 11 is 18.9. The topological polar surface area (TPSA) is 86.8 Å². The van der Waals surface area contributed by atoms with Crippen molar-refractivity contribution in [2.24, 2.45) is 0 Å². The van der Waals surface area contributed by atoms with Crippen LogP contribution >= 0.6 is 34.8 Å². The Labute approximate surface area is 251 Å². The number of halogens is 3. The monoisotopic (exact) mass is 623 g/mol. The fourth-order valence-corrected chi connectivity index (χ4v) is 6.01. The highest BCUT2D eigenvalue weighted by Crippen LogP contribution is 2.35. The zero-order valence-corrected chi connectivity index (χ0v) is 26.0. The maximum absolute atomic E-state index is 14.0. The summed E-state index contributed by atoms with van der Waals surface area (Å²) in [6, 6.07) is 16.8. The van der Waals surface area contributed by atoms with Crippen LogP contribution in [0.5, 0.6) is 0 Å². The van der Waals surface area contributed by atoms with E-state index < -0.39 is 40.0 Å². The van der Waals surface area contributed by atoms with Gasteiger partial charge >= 0.3 is 0 Å². The lowest BCUT2D eigenvalue weighted by Crippen LogP contribution is -2.54. The van der Waals surface area contributed by atoms with Crippen LogP contribution in [0.15, 0.2) is 71.6 Å². The molecule has 0 bridgehead atoms. The minimum absolute atomic E-state index is 0.0137. The molecule has 1 N–H and O–H groups in total. The smallest absolute Gasteiger partial charge is 0.264 e. The average Bonchev–Trinajstić information content (AvgIpc) is 2.86. The lowest BCUT2D eigenvalue weighted by atomic mass is 10.1. The van der Waals surface area contributed by atoms with E-state index in [1.165, 1.54) is 29.2 Å². The Balaban J connectivity index is 2.08. The highest BCUT2D eigenvalue weighted by atomic mass is 35.5. The Morgan fingerprint density at radius 2 is 1.57 bits per heavy atom. The number of nitrogens with zero attached hydrogens (tertiary/aromatic N) is 2. The second kappa shape index (κ2) is 12.8. The average molecular weight is 625 g/mol. The minimum Gasteiger partial charge on any atom is -0.350 e. The molecule has 0 unspecified atom stereocenters. The largest absolute Gasteiger partial charge is 0.350 e. The van der Waals surface area contributed by atoms with Crippen molar-refractivity contribution in [2.75, 3.05) is 10.8 Å². The Kier molecular flexibility index (Phi) is 10.2. The van der Waals surface area contributed by atoms with Gasteiger partial charge in [0.2, 0.25) is 11.8 Å². The van der Waals surface area contributed by atoms with Gasteiger partial charge in [-0.25, -0.2) is 8.42 Å². The van der Waals surface area contributed by atoms with E-state index >= 15 is 0 Å². The van der Waals surface area contributed by atoms with E-state index in [1.54, 1.807) is 49.4 Å². The van der Waals surface area contributed by atoms with Gasteiger partial charge in [0, 0.05) is 17.1 Å². The van der Waals surface area contributed by atoms with E-state index in [-0.39, 0.29) is 27.2 Å². The predicted molar refractivity (Wildman–Crippen MR) is 162 cm³/mol. The fraction of sp³-hybridized carbons (Fsp3) is 0.310. The molecule has 40 heavy (non-hydrogen) atoms. The number of benzene rings is 3. The number of hydrogen-bond donors (Lipinski definition) is 1. The summed E-state index contributed by atoms with van der Waals surface area (Å²) in [5.74, 6) is -1.01. The third-order valence-electron chi connectivity index (χ3n) is 6.00. The number of carbonyl (C=O) groups excluding carboxylic acids is 2. The van der Waals surface area contributed by atoms with Crippen LogP contribution in [0.25, 0.3) is 0 Å². The van der Waals surface area contributed by atoms with Crippen LogP contribution in [0.2, 0.25) is 15.1 Å². The van der Waals surface area contributed by atoms with Gasteiger partial charge in [0.1, 0.15) is 12.6 Å². The van der Waals surface area contributed by atoms with Crippen molar-refractivity contribution < 1.29 is 18.0 Å².